The highest BCUT2D eigenvalue weighted by Crippen LogP contribution is 2.09. The zero-order valence-corrected chi connectivity index (χ0v) is 22.6. The Morgan fingerprint density at radius 3 is 1.17 bits per heavy atom. The molecule has 10 nitrogen and oxygen atoms in total. The zero-order chi connectivity index (χ0) is 28.9. The van der Waals surface area contributed by atoms with Gasteiger partial charge in [0.2, 0.25) is 0 Å². The van der Waals surface area contributed by atoms with E-state index < -0.39 is 17.9 Å². The number of ketones is 1. The molecular weight excluding hydrogens is 532 g/mol. The fraction of sp³-hybridized carbons (Fsp3) is 0.419. The number of Topliss-reactive ketones (excluding diaryl/α,β-unsaturated/α-hetero) is 1. The van der Waals surface area contributed by atoms with E-state index >= 15 is 0 Å². The molecule has 10 heteroatoms. The number of carbonyl (C=O) groups excluding carboxylic acids is 4. The van der Waals surface area contributed by atoms with Crippen LogP contribution in [0.25, 0.3) is 0 Å². The van der Waals surface area contributed by atoms with Gasteiger partial charge in [-0.05, 0) is 50.2 Å². The molecule has 0 fully saturated rings. The number of esters is 3. The van der Waals surface area contributed by atoms with E-state index in [-0.39, 0.29) is 63.8 Å². The standard InChI is InChI=1S/C26H30O10.C3H6.2CH4/c1-19(27)20-3-5-21(6-4-20)25(29)35-17-18-36-26(30)23-9-7-22(8-10-23)24(28)34-16-15-33-14-13-32-12-11-31-2;1-3-2;;/h3-10H,11-18H2,1-2H3;3H,1H2,2H3;2*1H4. The van der Waals surface area contributed by atoms with Crippen molar-refractivity contribution in [2.45, 2.75) is 28.7 Å². The molecule has 0 aliphatic carbocycles. The van der Waals surface area contributed by atoms with Gasteiger partial charge in [0, 0.05) is 12.7 Å². The lowest BCUT2D eigenvalue weighted by atomic mass is 10.1. The first-order valence-electron chi connectivity index (χ1n) is 12.3. The van der Waals surface area contributed by atoms with Crippen LogP contribution in [0.3, 0.4) is 0 Å². The summed E-state index contributed by atoms with van der Waals surface area (Å²) in [6.45, 7) is 8.54. The Balaban J connectivity index is 0. The molecule has 0 aromatic heterocycles. The summed E-state index contributed by atoms with van der Waals surface area (Å²) in [5.74, 6) is -1.87. The maximum absolute atomic E-state index is 12.2. The van der Waals surface area contributed by atoms with Gasteiger partial charge in [-0.2, -0.15) is 0 Å². The maximum Gasteiger partial charge on any atom is 0.338 e. The first-order valence-corrected chi connectivity index (χ1v) is 12.3. The summed E-state index contributed by atoms with van der Waals surface area (Å²) in [4.78, 5) is 47.5. The van der Waals surface area contributed by atoms with E-state index in [9.17, 15) is 19.2 Å². The minimum Gasteiger partial charge on any atom is -0.460 e. The lowest BCUT2D eigenvalue weighted by Gasteiger charge is -2.08. The molecule has 2 aromatic rings. The van der Waals surface area contributed by atoms with Crippen molar-refractivity contribution in [1.29, 1.82) is 0 Å². The topological polar surface area (TPSA) is 124 Å². The molecule has 0 aliphatic rings. The second-order valence-corrected chi connectivity index (χ2v) is 7.74. The average Bonchev–Trinajstić information content (AvgIpc) is 2.94. The summed E-state index contributed by atoms with van der Waals surface area (Å²) >= 11 is 0. The summed E-state index contributed by atoms with van der Waals surface area (Å²) in [5.41, 5.74) is 1.28. The highest BCUT2D eigenvalue weighted by molar-refractivity contribution is 5.96. The summed E-state index contributed by atoms with van der Waals surface area (Å²) in [6, 6.07) is 11.8. The monoisotopic (exact) mass is 576 g/mol. The van der Waals surface area contributed by atoms with Gasteiger partial charge in [0.25, 0.3) is 0 Å². The molecule has 0 radical (unpaired) electrons. The van der Waals surface area contributed by atoms with Crippen LogP contribution in [0.1, 0.15) is 70.1 Å². The Hall–Kier alpha value is -3.86. The van der Waals surface area contributed by atoms with Crippen molar-refractivity contribution in [2.24, 2.45) is 0 Å². The van der Waals surface area contributed by atoms with Crippen molar-refractivity contribution in [3.8, 4) is 0 Å². The Kier molecular flexibility index (Phi) is 23.0. The molecule has 0 aliphatic heterocycles. The molecule has 0 bridgehead atoms. The normalized spacial score (nSPS) is 9.54. The van der Waals surface area contributed by atoms with Crippen molar-refractivity contribution < 1.29 is 47.6 Å². The minimum atomic E-state index is -0.627. The number of allylic oxidation sites excluding steroid dienone is 1. The highest BCUT2D eigenvalue weighted by atomic mass is 16.6. The molecule has 0 N–H and O–H groups in total. The van der Waals surface area contributed by atoms with E-state index in [2.05, 4.69) is 6.58 Å². The summed E-state index contributed by atoms with van der Waals surface area (Å²) in [5, 5.41) is 0. The summed E-state index contributed by atoms with van der Waals surface area (Å²) < 4.78 is 30.7. The van der Waals surface area contributed by atoms with Gasteiger partial charge < -0.3 is 28.4 Å². The van der Waals surface area contributed by atoms with Crippen LogP contribution >= 0.6 is 0 Å². The third kappa shape index (κ3) is 16.8. The quantitative estimate of drug-likeness (QED) is 0.0865. The van der Waals surface area contributed by atoms with Gasteiger partial charge in [-0.15, -0.1) is 6.58 Å². The van der Waals surface area contributed by atoms with Crippen LogP contribution in [-0.4, -0.2) is 83.7 Å². The first-order chi connectivity index (χ1) is 18.8. The molecular formula is C31H44O10. The van der Waals surface area contributed by atoms with Gasteiger partial charge in [-0.1, -0.05) is 33.1 Å². The van der Waals surface area contributed by atoms with Crippen molar-refractivity contribution in [3.05, 3.63) is 83.4 Å². The predicted molar refractivity (Wildman–Crippen MR) is 157 cm³/mol. The summed E-state index contributed by atoms with van der Waals surface area (Å²) in [7, 11) is 1.59. The average molecular weight is 577 g/mol. The molecule has 0 spiro atoms. The van der Waals surface area contributed by atoms with Crippen molar-refractivity contribution in [1.82, 2.24) is 0 Å². The SMILES string of the molecule is C.C.C=CC.COCCOCCOCCOC(=O)c1ccc(C(=O)OCCOC(=O)c2ccc(C(C)=O)cc2)cc1. The van der Waals surface area contributed by atoms with Crippen molar-refractivity contribution >= 4 is 23.7 Å². The van der Waals surface area contributed by atoms with Crippen LogP contribution in [0.4, 0.5) is 0 Å². The largest absolute Gasteiger partial charge is 0.460 e. The van der Waals surface area contributed by atoms with Crippen LogP contribution in [-0.2, 0) is 28.4 Å². The third-order valence-electron chi connectivity index (χ3n) is 4.70. The smallest absolute Gasteiger partial charge is 0.338 e. The van der Waals surface area contributed by atoms with E-state index in [1.165, 1.54) is 55.5 Å². The number of benzene rings is 2. The van der Waals surface area contributed by atoms with Crippen LogP contribution in [0.2, 0.25) is 0 Å². The van der Waals surface area contributed by atoms with E-state index in [1.807, 2.05) is 6.92 Å². The molecule has 0 amide bonds. The molecule has 2 rings (SSSR count). The number of ether oxygens (including phenoxy) is 6. The highest BCUT2D eigenvalue weighted by Gasteiger charge is 2.12. The molecule has 0 saturated heterocycles. The predicted octanol–water partition coefficient (Wildman–Crippen LogP) is 5.20. The number of carbonyl (C=O) groups is 4. The van der Waals surface area contributed by atoms with Crippen LogP contribution in [0.5, 0.6) is 0 Å². The number of rotatable bonds is 16. The minimum absolute atomic E-state index is 0. The van der Waals surface area contributed by atoms with E-state index in [4.69, 9.17) is 28.4 Å². The molecule has 0 saturated carbocycles. The zero-order valence-electron chi connectivity index (χ0n) is 22.6. The Morgan fingerprint density at radius 1 is 0.585 bits per heavy atom. The maximum atomic E-state index is 12.2. The molecule has 2 aromatic carbocycles. The summed E-state index contributed by atoms with van der Waals surface area (Å²) in [6.07, 6.45) is 1.75. The van der Waals surface area contributed by atoms with Crippen molar-refractivity contribution in [3.63, 3.8) is 0 Å². The Morgan fingerprint density at radius 2 is 0.854 bits per heavy atom. The van der Waals surface area contributed by atoms with E-state index in [1.54, 1.807) is 13.2 Å². The van der Waals surface area contributed by atoms with E-state index in [0.29, 0.717) is 32.0 Å². The lowest BCUT2D eigenvalue weighted by Crippen LogP contribution is -2.15. The van der Waals surface area contributed by atoms with Gasteiger partial charge >= 0.3 is 17.9 Å². The van der Waals surface area contributed by atoms with Gasteiger partial charge in [0.1, 0.15) is 19.8 Å². The fourth-order valence-electron chi connectivity index (χ4n) is 2.76. The second kappa shape index (κ2) is 24.0. The molecule has 228 valence electrons. The Bertz CT molecular complexity index is 1030. The van der Waals surface area contributed by atoms with Crippen molar-refractivity contribution in [2.75, 3.05) is 60.0 Å². The molecule has 41 heavy (non-hydrogen) atoms. The fourth-order valence-corrected chi connectivity index (χ4v) is 2.76. The van der Waals surface area contributed by atoms with Gasteiger partial charge in [0.05, 0.1) is 49.7 Å². The number of hydrogen-bond acceptors (Lipinski definition) is 10. The number of hydrogen-bond donors (Lipinski definition) is 0. The van der Waals surface area contributed by atoms with Crippen LogP contribution < -0.4 is 0 Å². The van der Waals surface area contributed by atoms with Crippen LogP contribution in [0, 0.1) is 0 Å². The third-order valence-corrected chi connectivity index (χ3v) is 4.70. The van der Waals surface area contributed by atoms with Gasteiger partial charge in [-0.25, -0.2) is 14.4 Å². The first kappa shape index (κ1) is 39.3. The van der Waals surface area contributed by atoms with Gasteiger partial charge in [0.15, 0.2) is 5.78 Å². The Labute approximate surface area is 243 Å². The van der Waals surface area contributed by atoms with E-state index in [0.717, 1.165) is 0 Å². The van der Waals surface area contributed by atoms with Gasteiger partial charge in [-0.3, -0.25) is 4.79 Å². The lowest BCUT2D eigenvalue weighted by molar-refractivity contribution is 0.00569. The van der Waals surface area contributed by atoms with Crippen LogP contribution in [0.15, 0.2) is 61.2 Å². The number of methoxy groups -OCH3 is 1. The second-order valence-electron chi connectivity index (χ2n) is 7.74. The molecule has 0 heterocycles. The molecule has 0 atom stereocenters. The molecule has 0 unspecified atom stereocenters.